The molecule has 6 nitrogen and oxygen atoms in total. The van der Waals surface area contributed by atoms with E-state index in [2.05, 4.69) is 44.8 Å². The third-order valence-corrected chi connectivity index (χ3v) is 6.23. The van der Waals surface area contributed by atoms with Gasteiger partial charge in [0.15, 0.2) is 5.96 Å². The lowest BCUT2D eigenvalue weighted by Crippen LogP contribution is -2.41. The number of amides is 1. The standard InChI is InChI=1S/C24H39N5O.HI/c1-25-24(26-13-9-16-28-14-7-2-3-8-15-28)27-19-22-18-23(30)29(20-22)17-12-21-10-5-4-6-11-21;/h4-6,10-11,22H,2-3,7-9,12-20H2,1H3,(H2,25,26,27);1H. The van der Waals surface area contributed by atoms with Gasteiger partial charge in [-0.25, -0.2) is 0 Å². The van der Waals surface area contributed by atoms with Gasteiger partial charge < -0.3 is 20.4 Å². The van der Waals surface area contributed by atoms with E-state index in [4.69, 9.17) is 0 Å². The first kappa shape index (κ1) is 25.9. The molecule has 2 saturated heterocycles. The van der Waals surface area contributed by atoms with Crippen molar-refractivity contribution in [2.24, 2.45) is 10.9 Å². The van der Waals surface area contributed by atoms with Gasteiger partial charge in [0.05, 0.1) is 0 Å². The number of aliphatic imine (C=N–C) groups is 1. The zero-order chi connectivity index (χ0) is 21.0. The van der Waals surface area contributed by atoms with E-state index in [1.54, 1.807) is 0 Å². The molecule has 2 N–H and O–H groups in total. The summed E-state index contributed by atoms with van der Waals surface area (Å²) in [6.07, 6.45) is 8.16. The third kappa shape index (κ3) is 9.35. The molecule has 0 saturated carbocycles. The summed E-state index contributed by atoms with van der Waals surface area (Å²) in [6, 6.07) is 10.4. The molecule has 2 heterocycles. The normalized spacial score (nSPS) is 20.3. The summed E-state index contributed by atoms with van der Waals surface area (Å²) >= 11 is 0. The highest BCUT2D eigenvalue weighted by molar-refractivity contribution is 14.0. The van der Waals surface area contributed by atoms with Crippen molar-refractivity contribution in [3.63, 3.8) is 0 Å². The number of guanidine groups is 1. The highest BCUT2D eigenvalue weighted by atomic mass is 127. The van der Waals surface area contributed by atoms with E-state index in [9.17, 15) is 4.79 Å². The minimum Gasteiger partial charge on any atom is -0.356 e. The van der Waals surface area contributed by atoms with Crippen LogP contribution >= 0.6 is 24.0 Å². The Morgan fingerprint density at radius 2 is 1.81 bits per heavy atom. The average molecular weight is 542 g/mol. The number of rotatable bonds is 9. The van der Waals surface area contributed by atoms with Crippen LogP contribution in [0.25, 0.3) is 0 Å². The number of nitrogens with zero attached hydrogens (tertiary/aromatic N) is 3. The van der Waals surface area contributed by atoms with Crippen LogP contribution in [0.1, 0.15) is 44.1 Å². The molecule has 2 aliphatic rings. The van der Waals surface area contributed by atoms with Crippen molar-refractivity contribution < 1.29 is 4.79 Å². The number of carbonyl (C=O) groups is 1. The van der Waals surface area contributed by atoms with Crippen molar-refractivity contribution in [3.05, 3.63) is 35.9 Å². The Morgan fingerprint density at radius 3 is 2.52 bits per heavy atom. The van der Waals surface area contributed by atoms with Crippen molar-refractivity contribution in [1.29, 1.82) is 0 Å². The molecular formula is C24H40IN5O. The van der Waals surface area contributed by atoms with Crippen molar-refractivity contribution >= 4 is 35.8 Å². The summed E-state index contributed by atoms with van der Waals surface area (Å²) in [6.45, 7) is 7.04. The van der Waals surface area contributed by atoms with Crippen LogP contribution in [-0.4, -0.2) is 74.5 Å². The highest BCUT2D eigenvalue weighted by Crippen LogP contribution is 2.17. The van der Waals surface area contributed by atoms with E-state index in [-0.39, 0.29) is 29.9 Å². The fourth-order valence-electron chi connectivity index (χ4n) is 4.45. The molecule has 1 atom stereocenters. The van der Waals surface area contributed by atoms with Crippen LogP contribution in [0.4, 0.5) is 0 Å². The molecule has 0 aromatic heterocycles. The number of halogens is 1. The maximum atomic E-state index is 12.4. The Balaban J connectivity index is 0.00000341. The molecule has 2 fully saturated rings. The van der Waals surface area contributed by atoms with Gasteiger partial charge in [-0.1, -0.05) is 43.2 Å². The summed E-state index contributed by atoms with van der Waals surface area (Å²) in [7, 11) is 1.82. The van der Waals surface area contributed by atoms with E-state index in [1.807, 2.05) is 18.0 Å². The molecule has 1 unspecified atom stereocenters. The minimum absolute atomic E-state index is 0. The molecule has 1 aromatic carbocycles. The Hall–Kier alpha value is -1.35. The SMILES string of the molecule is CN=C(NCCCN1CCCCCC1)NCC1CC(=O)N(CCc2ccccc2)C1.I. The molecule has 1 aromatic rings. The quantitative estimate of drug-likeness (QED) is 0.218. The van der Waals surface area contributed by atoms with E-state index in [1.165, 1.54) is 44.3 Å². The summed E-state index contributed by atoms with van der Waals surface area (Å²) in [5.41, 5.74) is 1.29. The minimum atomic E-state index is 0. The van der Waals surface area contributed by atoms with Gasteiger partial charge in [0, 0.05) is 45.6 Å². The average Bonchev–Trinajstić information content (AvgIpc) is 2.95. The number of carbonyl (C=O) groups excluding carboxylic acids is 1. The summed E-state index contributed by atoms with van der Waals surface area (Å²) in [5.74, 6) is 1.48. The maximum absolute atomic E-state index is 12.4. The number of hydrogen-bond donors (Lipinski definition) is 2. The molecule has 7 heteroatoms. The lowest BCUT2D eigenvalue weighted by Gasteiger charge is -2.20. The van der Waals surface area contributed by atoms with Crippen molar-refractivity contribution in [1.82, 2.24) is 20.4 Å². The van der Waals surface area contributed by atoms with Crippen molar-refractivity contribution in [2.45, 2.75) is 44.9 Å². The van der Waals surface area contributed by atoms with Gasteiger partial charge in [0.2, 0.25) is 5.91 Å². The summed E-state index contributed by atoms with van der Waals surface area (Å²) < 4.78 is 0. The zero-order valence-electron chi connectivity index (χ0n) is 19.0. The number of nitrogens with one attached hydrogen (secondary N) is 2. The molecular weight excluding hydrogens is 501 g/mol. The smallest absolute Gasteiger partial charge is 0.223 e. The second kappa shape index (κ2) is 14.7. The Bertz CT molecular complexity index is 661. The molecule has 174 valence electrons. The number of benzene rings is 1. The molecule has 1 amide bonds. The molecule has 0 bridgehead atoms. The van der Waals surface area contributed by atoms with Crippen LogP contribution in [0, 0.1) is 5.92 Å². The van der Waals surface area contributed by atoms with Gasteiger partial charge in [-0.2, -0.15) is 0 Å². The number of likely N-dealkylation sites (tertiary alicyclic amines) is 2. The zero-order valence-corrected chi connectivity index (χ0v) is 21.4. The summed E-state index contributed by atoms with van der Waals surface area (Å²) in [4.78, 5) is 21.3. The van der Waals surface area contributed by atoms with E-state index < -0.39 is 0 Å². The predicted molar refractivity (Wildman–Crippen MR) is 139 cm³/mol. The van der Waals surface area contributed by atoms with Crippen LogP contribution in [0.3, 0.4) is 0 Å². The molecule has 0 aliphatic carbocycles. The number of hydrogen-bond acceptors (Lipinski definition) is 3. The molecule has 2 aliphatic heterocycles. The third-order valence-electron chi connectivity index (χ3n) is 6.23. The molecule has 31 heavy (non-hydrogen) atoms. The van der Waals surface area contributed by atoms with Gasteiger partial charge in [-0.05, 0) is 50.9 Å². The summed E-state index contributed by atoms with van der Waals surface area (Å²) in [5, 5.41) is 6.85. The first-order valence-corrected chi connectivity index (χ1v) is 11.7. The van der Waals surface area contributed by atoms with Crippen LogP contribution in [0.15, 0.2) is 35.3 Å². The monoisotopic (exact) mass is 541 g/mol. The fraction of sp³-hybridized carbons (Fsp3) is 0.667. The first-order chi connectivity index (χ1) is 14.7. The Kier molecular flexibility index (Phi) is 12.3. The Labute approximate surface area is 205 Å². The molecule has 0 radical (unpaired) electrons. The first-order valence-electron chi connectivity index (χ1n) is 11.7. The van der Waals surface area contributed by atoms with Crippen LogP contribution in [0.5, 0.6) is 0 Å². The lowest BCUT2D eigenvalue weighted by atomic mass is 10.1. The van der Waals surface area contributed by atoms with Gasteiger partial charge in [0.25, 0.3) is 0 Å². The Morgan fingerprint density at radius 1 is 1.06 bits per heavy atom. The second-order valence-corrected chi connectivity index (χ2v) is 8.63. The van der Waals surface area contributed by atoms with Crippen molar-refractivity contribution in [3.8, 4) is 0 Å². The van der Waals surface area contributed by atoms with Gasteiger partial charge in [-0.15, -0.1) is 24.0 Å². The topological polar surface area (TPSA) is 60.0 Å². The fourth-order valence-corrected chi connectivity index (χ4v) is 4.45. The molecule has 3 rings (SSSR count). The molecule has 0 spiro atoms. The lowest BCUT2D eigenvalue weighted by molar-refractivity contribution is -0.127. The van der Waals surface area contributed by atoms with E-state index >= 15 is 0 Å². The van der Waals surface area contributed by atoms with Crippen LogP contribution in [-0.2, 0) is 11.2 Å². The van der Waals surface area contributed by atoms with Crippen molar-refractivity contribution in [2.75, 3.05) is 52.9 Å². The highest BCUT2D eigenvalue weighted by Gasteiger charge is 2.29. The van der Waals surface area contributed by atoms with E-state index in [0.29, 0.717) is 12.3 Å². The van der Waals surface area contributed by atoms with Gasteiger partial charge in [0.1, 0.15) is 0 Å². The predicted octanol–water partition coefficient (Wildman–Crippen LogP) is 3.13. The second-order valence-electron chi connectivity index (χ2n) is 8.63. The largest absolute Gasteiger partial charge is 0.356 e. The van der Waals surface area contributed by atoms with Crippen LogP contribution < -0.4 is 10.6 Å². The van der Waals surface area contributed by atoms with Crippen LogP contribution in [0.2, 0.25) is 0 Å². The van der Waals surface area contributed by atoms with Gasteiger partial charge in [-0.3, -0.25) is 9.79 Å². The van der Waals surface area contributed by atoms with E-state index in [0.717, 1.165) is 51.5 Å². The maximum Gasteiger partial charge on any atom is 0.223 e. The van der Waals surface area contributed by atoms with Gasteiger partial charge >= 0.3 is 0 Å².